The lowest BCUT2D eigenvalue weighted by Gasteiger charge is -2.14. The fourth-order valence-electron chi connectivity index (χ4n) is 1.90. The quantitative estimate of drug-likeness (QED) is 0.903. The fraction of sp³-hybridized carbons (Fsp3) is 0.462. The Morgan fingerprint density at radius 1 is 1.44 bits per heavy atom. The number of nitrogens with zero attached hydrogens (tertiary/aromatic N) is 1. The van der Waals surface area contributed by atoms with Crippen molar-refractivity contribution in [3.05, 3.63) is 35.6 Å². The van der Waals surface area contributed by atoms with Crippen LogP contribution in [0.2, 0.25) is 0 Å². The Labute approximate surface area is 110 Å². The Morgan fingerprint density at radius 2 is 2.17 bits per heavy atom. The van der Waals surface area contributed by atoms with Crippen LogP contribution in [0.4, 0.5) is 4.39 Å². The predicted octanol–water partition coefficient (Wildman–Crippen LogP) is 1.65. The zero-order chi connectivity index (χ0) is 13.0. The van der Waals surface area contributed by atoms with Gasteiger partial charge >= 0.3 is 0 Å². The molecule has 0 saturated carbocycles. The van der Waals surface area contributed by atoms with E-state index in [-0.39, 0.29) is 17.8 Å². The lowest BCUT2D eigenvalue weighted by molar-refractivity contribution is -0.127. The van der Waals surface area contributed by atoms with Gasteiger partial charge in [0.25, 0.3) is 0 Å². The first-order chi connectivity index (χ1) is 8.65. The molecular weight excluding hydrogens is 253 g/mol. The smallest absolute Gasteiger partial charge is 0.232 e. The molecular formula is C13H16FNO2S. The summed E-state index contributed by atoms with van der Waals surface area (Å²) >= 11 is 1.51. The number of carbonyl (C=O) groups is 1. The molecule has 1 aliphatic rings. The third-order valence-corrected chi connectivity index (χ3v) is 3.91. The lowest BCUT2D eigenvalue weighted by atomic mass is 10.2. The second-order valence-corrected chi connectivity index (χ2v) is 5.39. The maximum atomic E-state index is 12.7. The molecule has 1 saturated heterocycles. The van der Waals surface area contributed by atoms with Crippen molar-refractivity contribution >= 4 is 17.7 Å². The van der Waals surface area contributed by atoms with Gasteiger partial charge < -0.3 is 10.0 Å². The van der Waals surface area contributed by atoms with E-state index in [4.69, 9.17) is 0 Å². The van der Waals surface area contributed by atoms with E-state index in [1.165, 1.54) is 23.9 Å². The van der Waals surface area contributed by atoms with Crippen molar-refractivity contribution in [1.82, 2.24) is 4.90 Å². The van der Waals surface area contributed by atoms with E-state index in [9.17, 15) is 14.3 Å². The number of carbonyl (C=O) groups excluding carboxylic acids is 1. The Balaban J connectivity index is 1.72. The number of rotatable bonds is 4. The number of β-amino-alcohol motifs (C(OH)–C–C–N with tert-alkyl or cyclic N) is 1. The molecule has 0 aromatic heterocycles. The van der Waals surface area contributed by atoms with Crippen LogP contribution in [0, 0.1) is 5.82 Å². The van der Waals surface area contributed by atoms with Gasteiger partial charge in [-0.1, -0.05) is 12.1 Å². The van der Waals surface area contributed by atoms with Crippen LogP contribution in [-0.4, -0.2) is 40.9 Å². The molecule has 0 aliphatic carbocycles. The van der Waals surface area contributed by atoms with Crippen molar-refractivity contribution in [2.75, 3.05) is 18.8 Å². The molecule has 0 radical (unpaired) electrons. The maximum Gasteiger partial charge on any atom is 0.232 e. The second kappa shape index (κ2) is 6.20. The minimum absolute atomic E-state index is 0.0682. The van der Waals surface area contributed by atoms with Gasteiger partial charge in [0.15, 0.2) is 0 Å². The van der Waals surface area contributed by atoms with Crippen LogP contribution in [0.3, 0.4) is 0 Å². The highest BCUT2D eigenvalue weighted by atomic mass is 32.2. The number of aliphatic hydroxyl groups excluding tert-OH is 1. The van der Waals surface area contributed by atoms with Crippen LogP contribution < -0.4 is 0 Å². The van der Waals surface area contributed by atoms with Gasteiger partial charge in [0, 0.05) is 18.8 Å². The maximum absolute atomic E-state index is 12.7. The van der Waals surface area contributed by atoms with Crippen LogP contribution in [-0.2, 0) is 10.5 Å². The zero-order valence-electron chi connectivity index (χ0n) is 10.0. The summed E-state index contributed by atoms with van der Waals surface area (Å²) in [5, 5.41) is 9.34. The van der Waals surface area contributed by atoms with Gasteiger partial charge in [-0.3, -0.25) is 4.79 Å². The number of amides is 1. The number of benzene rings is 1. The van der Waals surface area contributed by atoms with E-state index in [2.05, 4.69) is 0 Å². The van der Waals surface area contributed by atoms with Gasteiger partial charge in [-0.05, 0) is 24.1 Å². The van der Waals surface area contributed by atoms with E-state index in [1.54, 1.807) is 17.0 Å². The normalized spacial score (nSPS) is 19.2. The molecule has 1 atom stereocenters. The van der Waals surface area contributed by atoms with Gasteiger partial charge in [-0.15, -0.1) is 11.8 Å². The summed E-state index contributed by atoms with van der Waals surface area (Å²) < 4.78 is 12.7. The van der Waals surface area contributed by atoms with Gasteiger partial charge in [0.05, 0.1) is 11.9 Å². The molecule has 0 spiro atoms. The Kier molecular flexibility index (Phi) is 4.60. The van der Waals surface area contributed by atoms with Crippen molar-refractivity contribution in [2.45, 2.75) is 18.3 Å². The summed E-state index contributed by atoms with van der Waals surface area (Å²) in [4.78, 5) is 13.5. The second-order valence-electron chi connectivity index (χ2n) is 4.40. The van der Waals surface area contributed by atoms with Gasteiger partial charge in [-0.2, -0.15) is 0 Å². The summed E-state index contributed by atoms with van der Waals surface area (Å²) in [7, 11) is 0. The van der Waals surface area contributed by atoms with Gasteiger partial charge in [0.1, 0.15) is 5.82 Å². The number of halogens is 1. The van der Waals surface area contributed by atoms with Crippen LogP contribution in [0.15, 0.2) is 24.3 Å². The average Bonchev–Trinajstić information content (AvgIpc) is 2.78. The average molecular weight is 269 g/mol. The van der Waals surface area contributed by atoms with Crippen molar-refractivity contribution in [3.63, 3.8) is 0 Å². The monoisotopic (exact) mass is 269 g/mol. The Bertz CT molecular complexity index is 410. The summed E-state index contributed by atoms with van der Waals surface area (Å²) in [6, 6.07) is 6.31. The summed E-state index contributed by atoms with van der Waals surface area (Å²) in [5.41, 5.74) is 1.01. The number of aliphatic hydroxyl groups is 1. The van der Waals surface area contributed by atoms with E-state index < -0.39 is 0 Å². The Morgan fingerprint density at radius 3 is 2.78 bits per heavy atom. The molecule has 2 rings (SSSR count). The molecule has 1 fully saturated rings. The van der Waals surface area contributed by atoms with E-state index in [1.807, 2.05) is 0 Å². The van der Waals surface area contributed by atoms with Crippen molar-refractivity contribution < 1.29 is 14.3 Å². The van der Waals surface area contributed by atoms with E-state index in [0.29, 0.717) is 31.0 Å². The molecule has 1 heterocycles. The predicted molar refractivity (Wildman–Crippen MR) is 69.8 cm³/mol. The highest BCUT2D eigenvalue weighted by Crippen LogP contribution is 2.15. The zero-order valence-corrected chi connectivity index (χ0v) is 10.8. The number of likely N-dealkylation sites (tertiary alicyclic amines) is 1. The highest BCUT2D eigenvalue weighted by molar-refractivity contribution is 7.99. The lowest BCUT2D eigenvalue weighted by Crippen LogP contribution is -2.30. The number of hydrogen-bond donors (Lipinski definition) is 1. The van der Waals surface area contributed by atoms with Crippen molar-refractivity contribution in [2.24, 2.45) is 0 Å². The third-order valence-electron chi connectivity index (χ3n) is 2.92. The third kappa shape index (κ3) is 3.71. The first-order valence-corrected chi connectivity index (χ1v) is 7.08. The molecule has 18 heavy (non-hydrogen) atoms. The van der Waals surface area contributed by atoms with E-state index in [0.717, 1.165) is 5.56 Å². The fourth-order valence-corrected chi connectivity index (χ4v) is 2.78. The first kappa shape index (κ1) is 13.4. The molecule has 1 aromatic carbocycles. The van der Waals surface area contributed by atoms with Crippen LogP contribution in [0.1, 0.15) is 12.0 Å². The molecule has 3 nitrogen and oxygen atoms in total. The highest BCUT2D eigenvalue weighted by Gasteiger charge is 2.23. The number of hydrogen-bond acceptors (Lipinski definition) is 3. The standard InChI is InChI=1S/C13H16FNO2S/c14-11-3-1-10(2-4-11)8-18-9-13(17)15-6-5-12(16)7-15/h1-4,12,16H,5-9H2/t12-/m0/s1. The largest absolute Gasteiger partial charge is 0.391 e. The van der Waals surface area contributed by atoms with Crippen molar-refractivity contribution in [1.29, 1.82) is 0 Å². The molecule has 0 unspecified atom stereocenters. The number of thioether (sulfide) groups is 1. The summed E-state index contributed by atoms with van der Waals surface area (Å²) in [5.74, 6) is 0.927. The summed E-state index contributed by atoms with van der Waals surface area (Å²) in [6.45, 7) is 1.10. The molecule has 98 valence electrons. The van der Waals surface area contributed by atoms with Crippen LogP contribution >= 0.6 is 11.8 Å². The summed E-state index contributed by atoms with van der Waals surface area (Å²) in [6.07, 6.45) is 0.310. The SMILES string of the molecule is O=C(CSCc1ccc(F)cc1)N1CC[C@H](O)C1. The Hall–Kier alpha value is -1.07. The molecule has 1 amide bonds. The van der Waals surface area contributed by atoms with Crippen LogP contribution in [0.25, 0.3) is 0 Å². The minimum Gasteiger partial charge on any atom is -0.391 e. The molecule has 0 bridgehead atoms. The molecule has 1 aromatic rings. The topological polar surface area (TPSA) is 40.5 Å². The van der Waals surface area contributed by atoms with E-state index >= 15 is 0 Å². The van der Waals surface area contributed by atoms with Crippen LogP contribution in [0.5, 0.6) is 0 Å². The molecule has 1 N–H and O–H groups in total. The van der Waals surface area contributed by atoms with Gasteiger partial charge in [0.2, 0.25) is 5.91 Å². The van der Waals surface area contributed by atoms with Crippen molar-refractivity contribution in [3.8, 4) is 0 Å². The van der Waals surface area contributed by atoms with Gasteiger partial charge in [-0.25, -0.2) is 4.39 Å². The first-order valence-electron chi connectivity index (χ1n) is 5.93. The minimum atomic E-state index is -0.365. The molecule has 5 heteroatoms. The molecule has 1 aliphatic heterocycles.